The largest absolute Gasteiger partial charge is 0.337 e. The van der Waals surface area contributed by atoms with Crippen molar-refractivity contribution in [3.63, 3.8) is 0 Å². The van der Waals surface area contributed by atoms with Crippen molar-refractivity contribution >= 4 is 27.7 Å². The van der Waals surface area contributed by atoms with E-state index in [4.69, 9.17) is 0 Å². The zero-order valence-corrected chi connectivity index (χ0v) is 17.9. The molecular formula is C21H27N3O5S. The predicted molar refractivity (Wildman–Crippen MR) is 110 cm³/mol. The third kappa shape index (κ3) is 3.49. The summed E-state index contributed by atoms with van der Waals surface area (Å²) in [7, 11) is -3.15. The molecule has 4 amide bonds. The van der Waals surface area contributed by atoms with Gasteiger partial charge >= 0.3 is 6.03 Å². The van der Waals surface area contributed by atoms with Crippen molar-refractivity contribution in [3.05, 3.63) is 35.4 Å². The summed E-state index contributed by atoms with van der Waals surface area (Å²) in [4.78, 5) is 41.7. The van der Waals surface area contributed by atoms with E-state index in [9.17, 15) is 22.8 Å². The molecule has 0 radical (unpaired) electrons. The van der Waals surface area contributed by atoms with Crippen LogP contribution in [0.25, 0.3) is 0 Å². The number of imide groups is 1. The Morgan fingerprint density at radius 3 is 2.77 bits per heavy atom. The molecule has 0 bridgehead atoms. The van der Waals surface area contributed by atoms with Gasteiger partial charge in [-0.2, -0.15) is 0 Å². The average molecular weight is 434 g/mol. The van der Waals surface area contributed by atoms with Gasteiger partial charge in [-0.05, 0) is 43.2 Å². The minimum absolute atomic E-state index is 0.0593. The molecular weight excluding hydrogens is 406 g/mol. The lowest BCUT2D eigenvalue weighted by molar-refractivity contribution is -0.140. The van der Waals surface area contributed by atoms with Gasteiger partial charge < -0.3 is 10.2 Å². The smallest absolute Gasteiger partial charge is 0.325 e. The number of urea groups is 1. The van der Waals surface area contributed by atoms with Gasteiger partial charge in [0.15, 0.2) is 9.84 Å². The Kier molecular flexibility index (Phi) is 5.34. The molecule has 1 N–H and O–H groups in total. The maximum absolute atomic E-state index is 13.4. The normalized spacial score (nSPS) is 27.2. The molecule has 2 aliphatic heterocycles. The summed E-state index contributed by atoms with van der Waals surface area (Å²) in [6, 6.07) is 6.63. The maximum Gasteiger partial charge on any atom is 0.325 e. The van der Waals surface area contributed by atoms with Crippen LogP contribution in [0.4, 0.5) is 4.79 Å². The Bertz CT molecular complexity index is 992. The first-order valence-electron chi connectivity index (χ1n) is 10.5. The molecule has 0 saturated carbocycles. The van der Waals surface area contributed by atoms with Crippen LogP contribution >= 0.6 is 0 Å². The Morgan fingerprint density at radius 1 is 1.30 bits per heavy atom. The minimum atomic E-state index is -3.15. The highest BCUT2D eigenvalue weighted by atomic mass is 32.2. The summed E-state index contributed by atoms with van der Waals surface area (Å²) in [5.74, 6) is -0.781. The van der Waals surface area contributed by atoms with Gasteiger partial charge in [-0.15, -0.1) is 0 Å². The van der Waals surface area contributed by atoms with Gasteiger partial charge in [0.05, 0.1) is 11.5 Å². The highest BCUT2D eigenvalue weighted by Crippen LogP contribution is 2.39. The summed E-state index contributed by atoms with van der Waals surface area (Å²) in [5.41, 5.74) is 0.726. The number of hydrogen-bond donors (Lipinski definition) is 1. The Balaban J connectivity index is 1.56. The lowest BCUT2D eigenvalue weighted by Crippen LogP contribution is -2.49. The molecule has 2 atom stereocenters. The van der Waals surface area contributed by atoms with Crippen LogP contribution in [0.5, 0.6) is 0 Å². The third-order valence-electron chi connectivity index (χ3n) is 6.38. The van der Waals surface area contributed by atoms with Gasteiger partial charge in [0.25, 0.3) is 5.91 Å². The van der Waals surface area contributed by atoms with Crippen LogP contribution in [-0.2, 0) is 31.4 Å². The van der Waals surface area contributed by atoms with Gasteiger partial charge in [0.2, 0.25) is 5.91 Å². The van der Waals surface area contributed by atoms with E-state index in [-0.39, 0.29) is 24.0 Å². The van der Waals surface area contributed by atoms with Crippen molar-refractivity contribution in [2.45, 2.75) is 50.6 Å². The van der Waals surface area contributed by atoms with E-state index in [1.54, 1.807) is 0 Å². The van der Waals surface area contributed by atoms with Gasteiger partial charge in [-0.25, -0.2) is 13.2 Å². The molecule has 2 saturated heterocycles. The molecule has 3 aliphatic rings. The molecule has 1 aliphatic carbocycles. The minimum Gasteiger partial charge on any atom is -0.337 e. The van der Waals surface area contributed by atoms with Crippen LogP contribution in [0, 0.1) is 0 Å². The van der Waals surface area contributed by atoms with Gasteiger partial charge in [-0.3, -0.25) is 14.5 Å². The third-order valence-corrected chi connectivity index (χ3v) is 8.13. The number of rotatable bonds is 5. The van der Waals surface area contributed by atoms with Crippen molar-refractivity contribution in [3.8, 4) is 0 Å². The zero-order chi connectivity index (χ0) is 21.5. The van der Waals surface area contributed by atoms with Crippen molar-refractivity contribution in [1.29, 1.82) is 0 Å². The van der Waals surface area contributed by atoms with E-state index >= 15 is 0 Å². The number of sulfone groups is 1. The molecule has 30 heavy (non-hydrogen) atoms. The zero-order valence-electron chi connectivity index (χ0n) is 17.1. The van der Waals surface area contributed by atoms with Crippen molar-refractivity contribution in [2.24, 2.45) is 0 Å². The first-order chi connectivity index (χ1) is 14.3. The summed E-state index contributed by atoms with van der Waals surface area (Å²) in [6.45, 7) is 1.94. The van der Waals surface area contributed by atoms with Crippen LogP contribution in [0.15, 0.2) is 24.3 Å². The maximum atomic E-state index is 13.4. The summed E-state index contributed by atoms with van der Waals surface area (Å²) < 4.78 is 23.7. The van der Waals surface area contributed by atoms with E-state index in [0.29, 0.717) is 25.8 Å². The first-order valence-corrected chi connectivity index (χ1v) is 12.3. The predicted octanol–water partition coefficient (Wildman–Crippen LogP) is 1.20. The molecule has 8 nitrogen and oxygen atoms in total. The van der Waals surface area contributed by atoms with Crippen LogP contribution < -0.4 is 5.32 Å². The molecule has 1 aromatic carbocycles. The highest BCUT2D eigenvalue weighted by molar-refractivity contribution is 7.91. The summed E-state index contributed by atoms with van der Waals surface area (Å²) >= 11 is 0. The van der Waals surface area contributed by atoms with Gasteiger partial charge in [-0.1, -0.05) is 31.2 Å². The lowest BCUT2D eigenvalue weighted by atomic mass is 9.76. The Morgan fingerprint density at radius 2 is 2.07 bits per heavy atom. The number of nitrogens with zero attached hydrogens (tertiary/aromatic N) is 2. The topological polar surface area (TPSA) is 104 Å². The van der Waals surface area contributed by atoms with E-state index in [2.05, 4.69) is 5.32 Å². The molecule has 1 spiro atoms. The quantitative estimate of drug-likeness (QED) is 0.703. The number of carbonyl (C=O) groups is 3. The van der Waals surface area contributed by atoms with Crippen molar-refractivity contribution in [2.75, 3.05) is 24.6 Å². The lowest BCUT2D eigenvalue weighted by Gasteiger charge is -2.33. The van der Waals surface area contributed by atoms with Gasteiger partial charge in [0, 0.05) is 12.6 Å². The fraction of sp³-hybridized carbons (Fsp3) is 0.571. The highest BCUT2D eigenvalue weighted by Gasteiger charge is 2.54. The molecule has 1 aromatic rings. The van der Waals surface area contributed by atoms with Crippen LogP contribution in [0.3, 0.4) is 0 Å². The standard InChI is InChI=1S/C21H27N3O5S/c1-2-11-23(16-9-12-30(28,29)14-16)18(25)13-24-19(26)21(22-20(24)27)10-5-7-15-6-3-4-8-17(15)21/h3-4,6,8,16H,2,5,7,9-14H2,1H3,(H,22,27)/t16-,21-/m1/s1. The van der Waals surface area contributed by atoms with Crippen LogP contribution in [-0.4, -0.2) is 66.7 Å². The molecule has 2 heterocycles. The number of nitrogens with one attached hydrogen (secondary N) is 1. The fourth-order valence-electron chi connectivity index (χ4n) is 4.95. The number of amides is 4. The molecule has 2 fully saturated rings. The van der Waals surface area contributed by atoms with E-state index in [1.165, 1.54) is 4.90 Å². The Labute approximate surface area is 176 Å². The van der Waals surface area contributed by atoms with E-state index < -0.39 is 33.4 Å². The molecule has 0 unspecified atom stereocenters. The van der Waals surface area contributed by atoms with Crippen molar-refractivity contribution in [1.82, 2.24) is 15.1 Å². The number of carbonyl (C=O) groups excluding carboxylic acids is 3. The number of benzene rings is 1. The second-order valence-corrected chi connectivity index (χ2v) is 10.6. The summed E-state index contributed by atoms with van der Waals surface area (Å²) in [5, 5.41) is 2.86. The Hall–Kier alpha value is -2.42. The molecule has 0 aromatic heterocycles. The average Bonchev–Trinajstić information content (AvgIpc) is 3.18. The second-order valence-electron chi connectivity index (χ2n) is 8.38. The fourth-order valence-corrected chi connectivity index (χ4v) is 6.68. The number of fused-ring (bicyclic) bond motifs is 2. The molecule has 4 rings (SSSR count). The molecule has 9 heteroatoms. The van der Waals surface area contributed by atoms with Gasteiger partial charge in [0.1, 0.15) is 12.1 Å². The monoisotopic (exact) mass is 433 g/mol. The SMILES string of the molecule is CCCN(C(=O)CN1C(=O)N[C@@]2(CCCc3ccccc32)C1=O)[C@@H]1CCS(=O)(=O)C1. The molecule has 162 valence electrons. The van der Waals surface area contributed by atoms with Crippen molar-refractivity contribution < 1.29 is 22.8 Å². The van der Waals surface area contributed by atoms with E-state index in [1.807, 2.05) is 31.2 Å². The van der Waals surface area contributed by atoms with Crippen LogP contribution in [0.1, 0.15) is 43.7 Å². The number of hydrogen-bond acceptors (Lipinski definition) is 5. The first kappa shape index (κ1) is 20.8. The summed E-state index contributed by atoms with van der Waals surface area (Å²) in [6.07, 6.45) is 3.18. The van der Waals surface area contributed by atoms with Crippen LogP contribution in [0.2, 0.25) is 0 Å². The number of aryl methyl sites for hydroxylation is 1. The van der Waals surface area contributed by atoms with E-state index in [0.717, 1.165) is 28.9 Å². The second kappa shape index (κ2) is 7.68.